The van der Waals surface area contributed by atoms with Crippen molar-refractivity contribution < 1.29 is 4.79 Å². The van der Waals surface area contributed by atoms with Gasteiger partial charge in [-0.3, -0.25) is 9.69 Å². The molecule has 14 heavy (non-hydrogen) atoms. The van der Waals surface area contributed by atoms with Gasteiger partial charge in [-0.15, -0.1) is 0 Å². The average molecular weight is 210 g/mol. The van der Waals surface area contributed by atoms with Gasteiger partial charge in [-0.1, -0.05) is 18.2 Å². The quantitative estimate of drug-likeness (QED) is 0.475. The zero-order valence-corrected chi connectivity index (χ0v) is 8.84. The summed E-state index contributed by atoms with van der Waals surface area (Å²) in [6.07, 6.45) is 2.03. The lowest BCUT2D eigenvalue weighted by molar-refractivity contribution is 0.263. The van der Waals surface area contributed by atoms with Crippen LogP contribution < -0.4 is 4.90 Å². The summed E-state index contributed by atoms with van der Waals surface area (Å²) < 4.78 is 0. The van der Waals surface area contributed by atoms with Crippen molar-refractivity contribution in [3.8, 4) is 0 Å². The Morgan fingerprint density at radius 2 is 2.29 bits per heavy atom. The molecule has 1 aliphatic heterocycles. The largest absolute Gasteiger partial charge is 0.320 e. The Balaban J connectivity index is 2.52. The predicted molar refractivity (Wildman–Crippen MR) is 58.1 cm³/mol. The molecule has 1 aromatic rings. The molecular formula is C11H12ClNO. The highest BCUT2D eigenvalue weighted by Crippen LogP contribution is 2.31. The first kappa shape index (κ1) is 9.53. The van der Waals surface area contributed by atoms with Crippen LogP contribution in [0.1, 0.15) is 17.5 Å². The topological polar surface area (TPSA) is 20.3 Å². The number of hydrogen-bond acceptors (Lipinski definition) is 1. The zero-order chi connectivity index (χ0) is 10.1. The first-order valence-corrected chi connectivity index (χ1v) is 5.13. The molecule has 0 saturated heterocycles. The highest BCUT2D eigenvalue weighted by molar-refractivity contribution is 6.66. The number of rotatable bonds is 0. The van der Waals surface area contributed by atoms with Gasteiger partial charge in [-0.25, -0.2) is 0 Å². The molecule has 1 heterocycles. The van der Waals surface area contributed by atoms with Gasteiger partial charge in [0.2, 0.25) is 0 Å². The van der Waals surface area contributed by atoms with Gasteiger partial charge in [-0.05, 0) is 42.5 Å². The second kappa shape index (κ2) is 3.62. The average Bonchev–Trinajstić information content (AvgIpc) is 2.17. The fourth-order valence-electron chi connectivity index (χ4n) is 2.02. The van der Waals surface area contributed by atoms with Crippen LogP contribution in [-0.4, -0.2) is 11.9 Å². The molecule has 0 radical (unpaired) electrons. The van der Waals surface area contributed by atoms with E-state index in [2.05, 4.69) is 6.07 Å². The van der Waals surface area contributed by atoms with Crippen LogP contribution in [0.4, 0.5) is 10.5 Å². The summed E-state index contributed by atoms with van der Waals surface area (Å²) in [5.74, 6) is 0. The zero-order valence-electron chi connectivity index (χ0n) is 8.09. The van der Waals surface area contributed by atoms with Crippen molar-refractivity contribution in [1.29, 1.82) is 0 Å². The Morgan fingerprint density at radius 3 is 3.00 bits per heavy atom. The second-order valence-corrected chi connectivity index (χ2v) is 3.91. The number of hydrogen-bond donors (Lipinski definition) is 0. The van der Waals surface area contributed by atoms with Gasteiger partial charge in [0.15, 0.2) is 0 Å². The number of amides is 1. The van der Waals surface area contributed by atoms with Gasteiger partial charge in [0.25, 0.3) is 0 Å². The minimum atomic E-state index is -0.375. The van der Waals surface area contributed by atoms with E-state index < -0.39 is 0 Å². The van der Waals surface area contributed by atoms with Gasteiger partial charge in [0.05, 0.1) is 5.69 Å². The van der Waals surface area contributed by atoms with Crippen LogP contribution in [0.5, 0.6) is 0 Å². The summed E-state index contributed by atoms with van der Waals surface area (Å²) in [5, 5.41) is -0.375. The third-order valence-corrected chi connectivity index (χ3v) is 2.84. The lowest BCUT2D eigenvalue weighted by Gasteiger charge is -2.29. The number of para-hydroxylation sites is 1. The van der Waals surface area contributed by atoms with E-state index in [0.717, 1.165) is 30.6 Å². The first-order valence-electron chi connectivity index (χ1n) is 4.75. The van der Waals surface area contributed by atoms with Gasteiger partial charge in [-0.2, -0.15) is 0 Å². The van der Waals surface area contributed by atoms with Crippen molar-refractivity contribution in [2.24, 2.45) is 0 Å². The molecule has 1 aliphatic rings. The van der Waals surface area contributed by atoms with Crippen LogP contribution in [0.3, 0.4) is 0 Å². The SMILES string of the molecule is Cc1cccc2c1N(C(=O)Cl)CCC2. The number of benzene rings is 1. The summed E-state index contributed by atoms with van der Waals surface area (Å²) in [5.41, 5.74) is 3.36. The Bertz CT molecular complexity index is 376. The van der Waals surface area contributed by atoms with Crippen LogP contribution in [0, 0.1) is 6.92 Å². The molecule has 1 amide bonds. The number of anilines is 1. The Morgan fingerprint density at radius 1 is 1.50 bits per heavy atom. The van der Waals surface area contributed by atoms with Crippen LogP contribution in [0.2, 0.25) is 0 Å². The van der Waals surface area contributed by atoms with E-state index in [9.17, 15) is 4.79 Å². The van der Waals surface area contributed by atoms with E-state index in [4.69, 9.17) is 11.6 Å². The van der Waals surface area contributed by atoms with Crippen molar-refractivity contribution >= 4 is 22.7 Å². The normalized spacial score (nSPS) is 15.1. The molecular weight excluding hydrogens is 198 g/mol. The number of carbonyl (C=O) groups excluding carboxylic acids is 1. The number of halogens is 1. The van der Waals surface area contributed by atoms with Crippen LogP contribution in [0.15, 0.2) is 18.2 Å². The lowest BCUT2D eigenvalue weighted by atomic mass is 9.99. The molecule has 0 saturated carbocycles. The van der Waals surface area contributed by atoms with Gasteiger partial charge in [0.1, 0.15) is 0 Å². The molecule has 0 N–H and O–H groups in total. The fourth-order valence-corrected chi connectivity index (χ4v) is 2.19. The van der Waals surface area contributed by atoms with E-state index in [1.807, 2.05) is 19.1 Å². The Hall–Kier alpha value is -1.02. The molecule has 2 nitrogen and oxygen atoms in total. The van der Waals surface area contributed by atoms with Crippen molar-refractivity contribution in [3.63, 3.8) is 0 Å². The minimum absolute atomic E-state index is 0.375. The number of fused-ring (bicyclic) bond motifs is 1. The van der Waals surface area contributed by atoms with E-state index in [-0.39, 0.29) is 5.37 Å². The molecule has 0 aromatic heterocycles. The first-order chi connectivity index (χ1) is 6.70. The minimum Gasteiger partial charge on any atom is -0.298 e. The highest BCUT2D eigenvalue weighted by Gasteiger charge is 2.22. The predicted octanol–water partition coefficient (Wildman–Crippen LogP) is 3.11. The molecule has 0 bridgehead atoms. The molecule has 2 rings (SSSR count). The molecule has 1 aromatic carbocycles. The highest BCUT2D eigenvalue weighted by atomic mass is 35.5. The number of aryl methyl sites for hydroxylation is 2. The van der Waals surface area contributed by atoms with E-state index in [1.54, 1.807) is 4.90 Å². The molecule has 0 atom stereocenters. The summed E-state index contributed by atoms with van der Waals surface area (Å²) in [6.45, 7) is 2.75. The third-order valence-electron chi connectivity index (χ3n) is 2.63. The maximum Gasteiger partial charge on any atom is 0.320 e. The standard InChI is InChI=1S/C11H12ClNO/c1-8-4-2-5-9-6-3-7-13(10(8)9)11(12)14/h2,4-5H,3,6-7H2,1H3. The maximum absolute atomic E-state index is 11.2. The van der Waals surface area contributed by atoms with Gasteiger partial charge in [0, 0.05) is 6.54 Å². The monoisotopic (exact) mass is 209 g/mol. The third kappa shape index (κ3) is 1.50. The second-order valence-electron chi connectivity index (χ2n) is 3.59. The summed E-state index contributed by atoms with van der Waals surface area (Å²) in [7, 11) is 0. The van der Waals surface area contributed by atoms with Crippen molar-refractivity contribution in [2.75, 3.05) is 11.4 Å². The van der Waals surface area contributed by atoms with E-state index >= 15 is 0 Å². The van der Waals surface area contributed by atoms with Crippen LogP contribution in [-0.2, 0) is 6.42 Å². The Kier molecular flexibility index (Phi) is 2.46. The molecule has 74 valence electrons. The smallest absolute Gasteiger partial charge is 0.298 e. The molecule has 3 heteroatoms. The van der Waals surface area contributed by atoms with Gasteiger partial charge < -0.3 is 0 Å². The summed E-state index contributed by atoms with van der Waals surface area (Å²) in [6, 6.07) is 6.10. The fraction of sp³-hybridized carbons (Fsp3) is 0.364. The molecule has 0 spiro atoms. The molecule has 0 unspecified atom stereocenters. The Labute approximate surface area is 88.5 Å². The number of nitrogens with zero attached hydrogens (tertiary/aromatic N) is 1. The number of carbonyl (C=O) groups is 1. The van der Waals surface area contributed by atoms with Crippen LogP contribution in [0.25, 0.3) is 0 Å². The van der Waals surface area contributed by atoms with Crippen LogP contribution >= 0.6 is 11.6 Å². The lowest BCUT2D eigenvalue weighted by Crippen LogP contribution is -2.32. The molecule has 0 aliphatic carbocycles. The van der Waals surface area contributed by atoms with E-state index in [1.165, 1.54) is 5.56 Å². The van der Waals surface area contributed by atoms with Crippen molar-refractivity contribution in [2.45, 2.75) is 19.8 Å². The summed E-state index contributed by atoms with van der Waals surface area (Å²) >= 11 is 5.54. The van der Waals surface area contributed by atoms with Crippen molar-refractivity contribution in [1.82, 2.24) is 0 Å². The van der Waals surface area contributed by atoms with E-state index in [0.29, 0.717) is 0 Å². The van der Waals surface area contributed by atoms with Crippen molar-refractivity contribution in [3.05, 3.63) is 29.3 Å². The molecule has 0 fully saturated rings. The summed E-state index contributed by atoms with van der Waals surface area (Å²) in [4.78, 5) is 12.9. The van der Waals surface area contributed by atoms with Gasteiger partial charge >= 0.3 is 5.37 Å². The maximum atomic E-state index is 11.2.